The largest absolute Gasteiger partial charge is 0.420 e. The molecular weight excluding hydrogens is 1390 g/mol. The van der Waals surface area contributed by atoms with Crippen molar-refractivity contribution in [2.75, 3.05) is 4.90 Å². The molecule has 0 fully saturated rings. The first-order valence-corrected chi connectivity index (χ1v) is 27.5. The Labute approximate surface area is 523 Å². The zero-order valence-electron chi connectivity index (χ0n) is 47.1. The molecule has 0 saturated carbocycles. The summed E-state index contributed by atoms with van der Waals surface area (Å²) in [6.45, 7) is 0. The summed E-state index contributed by atoms with van der Waals surface area (Å²) < 4.78 is 465. The molecule has 98 heavy (non-hydrogen) atoms. The zero-order chi connectivity index (χ0) is 71.6. The number of anilines is 2. The minimum atomic E-state index is -6.71. The molecule has 0 amide bonds. The Hall–Kier alpha value is -9.66. The Morgan fingerprint density at radius 1 is 0.255 bits per heavy atom. The number of benzene rings is 8. The van der Waals surface area contributed by atoms with Crippen molar-refractivity contribution in [1.82, 2.24) is 13.7 Å². The number of aromatic nitrogens is 3. The van der Waals surface area contributed by atoms with Gasteiger partial charge in [-0.05, 0) is 133 Å². The van der Waals surface area contributed by atoms with Crippen molar-refractivity contribution in [2.24, 2.45) is 0 Å². The summed E-state index contributed by atoms with van der Waals surface area (Å²) >= 11 is 0. The molecule has 1 aliphatic carbocycles. The van der Waals surface area contributed by atoms with Gasteiger partial charge in [0.1, 0.15) is 11.1 Å². The Morgan fingerprint density at radius 3 is 0.755 bits per heavy atom. The number of allylic oxidation sites excluding steroid dienone is 2. The molecule has 2 aliphatic rings. The van der Waals surface area contributed by atoms with Crippen LogP contribution >= 0.6 is 0 Å². The SMILES string of the molecule is FC(F)(F)C1=CC2c3cc(C(F)(F)F)ccc3N(c3c(-n4c5ccc(C(F)(F)F)cc5c5cc(C(F)(F)F)ccc54)c(C(F)(F)F)c(-n4c5ccc(C(F)(F)F)cc5c5cc(C(F)(F)F)ccc54)c(-n4c5ccc(C(F)(F)F)cc5c5cc(C(F)(F)F)ccc54)c3C(F)(F)F)C2C=C1. The van der Waals surface area contributed by atoms with Crippen LogP contribution in [0.3, 0.4) is 0 Å². The maximum Gasteiger partial charge on any atom is 0.420 e. The van der Waals surface area contributed by atoms with E-state index >= 15 is 26.3 Å². The molecule has 4 heterocycles. The number of hydrogen-bond acceptors (Lipinski definition) is 1. The van der Waals surface area contributed by atoms with Gasteiger partial charge in [0.05, 0.1) is 106 Å². The van der Waals surface area contributed by atoms with E-state index in [0.717, 1.165) is 0 Å². The Balaban J connectivity index is 1.40. The molecule has 2 unspecified atom stereocenters. The fourth-order valence-corrected chi connectivity index (χ4v) is 13.0. The number of hydrogen-bond donors (Lipinski definition) is 0. The minimum absolute atomic E-state index is 0.000328. The maximum absolute atomic E-state index is 18.2. The third-order valence-corrected chi connectivity index (χ3v) is 16.9. The Morgan fingerprint density at radius 2 is 0.500 bits per heavy atom. The van der Waals surface area contributed by atoms with E-state index in [4.69, 9.17) is 0 Å². The van der Waals surface area contributed by atoms with Crippen molar-refractivity contribution in [2.45, 2.75) is 73.7 Å². The summed E-state index contributed by atoms with van der Waals surface area (Å²) in [5, 5.41) is -7.41. The van der Waals surface area contributed by atoms with Crippen molar-refractivity contribution in [1.29, 1.82) is 0 Å². The second kappa shape index (κ2) is 20.9. The normalized spacial score (nSPS) is 16.5. The van der Waals surface area contributed by atoms with Crippen molar-refractivity contribution in [3.05, 3.63) is 207 Å². The molecule has 4 nitrogen and oxygen atoms in total. The van der Waals surface area contributed by atoms with Gasteiger partial charge in [-0.25, -0.2) is 0 Å². The van der Waals surface area contributed by atoms with Crippen molar-refractivity contribution >= 4 is 76.8 Å². The molecule has 3 aromatic heterocycles. The molecule has 0 saturated heterocycles. The van der Waals surface area contributed by atoms with Crippen LogP contribution in [-0.2, 0) is 55.6 Å². The summed E-state index contributed by atoms with van der Waals surface area (Å²) in [6.07, 6.45) is -57.4. The average molecular weight is 1420 g/mol. The summed E-state index contributed by atoms with van der Waals surface area (Å²) in [7, 11) is 0. The van der Waals surface area contributed by atoms with Crippen molar-refractivity contribution in [3.63, 3.8) is 0 Å². The summed E-state index contributed by atoms with van der Waals surface area (Å²) in [6, 6.07) is -0.835. The third-order valence-electron chi connectivity index (χ3n) is 16.9. The predicted octanol–water partition coefficient (Wildman–Crippen LogP) is 23.8. The van der Waals surface area contributed by atoms with E-state index in [-0.39, 0.29) is 158 Å². The number of fused-ring (bicyclic) bond motifs is 12. The van der Waals surface area contributed by atoms with Crippen LogP contribution in [0.2, 0.25) is 0 Å². The molecule has 0 radical (unpaired) electrons. The monoisotopic (exact) mass is 1420 g/mol. The van der Waals surface area contributed by atoms with Gasteiger partial charge in [-0.2, -0.15) is 132 Å². The molecule has 13 rings (SSSR count). The summed E-state index contributed by atoms with van der Waals surface area (Å²) in [4.78, 5) is 0.0291. The minimum Gasteiger partial charge on any atom is -0.331 e. The van der Waals surface area contributed by atoms with Crippen molar-refractivity contribution < 1.29 is 132 Å². The highest BCUT2D eigenvalue weighted by molar-refractivity contribution is 6.15. The second-order valence-corrected chi connectivity index (χ2v) is 22.7. The Kier molecular flexibility index (Phi) is 14.3. The first-order chi connectivity index (χ1) is 45.0. The lowest BCUT2D eigenvalue weighted by molar-refractivity contribution is -0.140. The lowest BCUT2D eigenvalue weighted by Gasteiger charge is -2.37. The highest BCUT2D eigenvalue weighted by Gasteiger charge is 2.55. The molecule has 0 spiro atoms. The fraction of sp³-hybridized carbons (Fsp3) is 0.188. The second-order valence-electron chi connectivity index (χ2n) is 22.7. The molecule has 512 valence electrons. The van der Waals surface area contributed by atoms with Gasteiger partial charge in [-0.3, -0.25) is 0 Å². The summed E-state index contributed by atoms with van der Waals surface area (Å²) in [5.41, 5.74) is -39.4. The van der Waals surface area contributed by atoms with Crippen LogP contribution in [0.1, 0.15) is 61.6 Å². The molecule has 11 aromatic rings. The number of rotatable bonds is 4. The van der Waals surface area contributed by atoms with E-state index < -0.39 is 229 Å². The van der Waals surface area contributed by atoms with Gasteiger partial charge in [0, 0.05) is 43.9 Å². The highest BCUT2D eigenvalue weighted by atomic mass is 19.4. The van der Waals surface area contributed by atoms with E-state index in [1.165, 1.54) is 0 Å². The topological polar surface area (TPSA) is 18.0 Å². The van der Waals surface area contributed by atoms with E-state index in [9.17, 15) is 105 Å². The maximum atomic E-state index is 18.2. The summed E-state index contributed by atoms with van der Waals surface area (Å²) in [5.74, 6) is -2.44. The lowest BCUT2D eigenvalue weighted by atomic mass is 9.87. The lowest BCUT2D eigenvalue weighted by Crippen LogP contribution is -2.35. The van der Waals surface area contributed by atoms with E-state index in [1.54, 1.807) is 0 Å². The van der Waals surface area contributed by atoms with Crippen LogP contribution in [0.4, 0.5) is 143 Å². The van der Waals surface area contributed by atoms with Crippen LogP contribution in [-0.4, -0.2) is 25.9 Å². The molecule has 1 aliphatic heterocycles. The van der Waals surface area contributed by atoms with Crippen LogP contribution in [0, 0.1) is 0 Å². The van der Waals surface area contributed by atoms with E-state index in [2.05, 4.69) is 0 Å². The van der Waals surface area contributed by atoms with Gasteiger partial charge in [-0.1, -0.05) is 18.2 Å². The first-order valence-electron chi connectivity index (χ1n) is 27.5. The van der Waals surface area contributed by atoms with Crippen LogP contribution in [0.15, 0.2) is 151 Å². The average Bonchev–Trinajstić information content (AvgIpc) is 1.32. The van der Waals surface area contributed by atoms with Gasteiger partial charge >= 0.3 is 61.8 Å². The van der Waals surface area contributed by atoms with Crippen LogP contribution < -0.4 is 4.90 Å². The number of alkyl halides is 30. The van der Waals surface area contributed by atoms with Crippen LogP contribution in [0.25, 0.3) is 82.5 Å². The smallest absolute Gasteiger partial charge is 0.331 e. The molecular formula is C64H26F30N4. The van der Waals surface area contributed by atoms with Crippen molar-refractivity contribution in [3.8, 4) is 17.1 Å². The zero-order valence-corrected chi connectivity index (χ0v) is 47.1. The highest BCUT2D eigenvalue weighted by Crippen LogP contribution is 2.62. The van der Waals surface area contributed by atoms with Gasteiger partial charge in [-0.15, -0.1) is 0 Å². The van der Waals surface area contributed by atoms with E-state index in [1.807, 2.05) is 0 Å². The quantitative estimate of drug-likeness (QED) is 0.161. The number of halogens is 30. The van der Waals surface area contributed by atoms with Gasteiger partial charge < -0.3 is 18.6 Å². The fourth-order valence-electron chi connectivity index (χ4n) is 13.0. The van der Waals surface area contributed by atoms with Gasteiger partial charge in [0.2, 0.25) is 0 Å². The predicted molar refractivity (Wildman–Crippen MR) is 293 cm³/mol. The molecule has 34 heteroatoms. The van der Waals surface area contributed by atoms with Gasteiger partial charge in [0.25, 0.3) is 0 Å². The molecule has 0 N–H and O–H groups in total. The van der Waals surface area contributed by atoms with E-state index in [0.29, 0.717) is 6.08 Å². The first kappa shape index (κ1) is 66.9. The standard InChI is InChI=1S/C64H26F30N4/c65-55(66,67)25-1-9-41-33(17-25)34-18-26(56(68,69)70)2-10-42(34)95(41)51-49(63(89,90)91)53(97-45-13-5-29(59(77,78)79)21-37(45)38-22-30(60(80,81)82)6-14-46(38)97)54(98-47-15-7-31(61(83,84)85)23-39(47)40-24-32(62(86,87)88)8-16-48(40)98)50(64(92,93)94)52(51)96-43-11-3-27(57(71,72)73)19-35(43)36-20-28(58(74,75)76)4-12-44(36)96/h1-24,33,41H. The Bertz CT molecular complexity index is 5040. The molecule has 8 aromatic carbocycles. The molecule has 2 atom stereocenters. The third kappa shape index (κ3) is 10.7. The van der Waals surface area contributed by atoms with Crippen LogP contribution in [0.5, 0.6) is 0 Å². The van der Waals surface area contributed by atoms with Gasteiger partial charge in [0.15, 0.2) is 0 Å². The number of nitrogens with zero attached hydrogens (tertiary/aromatic N) is 4. The molecule has 0 bridgehead atoms.